The van der Waals surface area contributed by atoms with Crippen LogP contribution in [0.3, 0.4) is 0 Å². The van der Waals surface area contributed by atoms with Crippen LogP contribution in [0.2, 0.25) is 5.02 Å². The van der Waals surface area contributed by atoms with Gasteiger partial charge in [-0.05, 0) is 12.1 Å². The summed E-state index contributed by atoms with van der Waals surface area (Å²) in [6.45, 7) is 1.70. The van der Waals surface area contributed by atoms with E-state index < -0.39 is 0 Å². The third kappa shape index (κ3) is 1.81. The molecule has 0 aliphatic rings. The van der Waals surface area contributed by atoms with E-state index in [1.54, 1.807) is 31.2 Å². The van der Waals surface area contributed by atoms with Crippen molar-refractivity contribution in [2.24, 2.45) is 0 Å². The molecular formula is C9H8ClO. The van der Waals surface area contributed by atoms with E-state index in [1.165, 1.54) is 6.42 Å². The van der Waals surface area contributed by atoms with E-state index in [9.17, 15) is 4.79 Å². The minimum atomic E-state index is -0.0319. The monoisotopic (exact) mass is 167 g/mol. The van der Waals surface area contributed by atoms with Gasteiger partial charge in [-0.15, -0.1) is 0 Å². The number of carbonyl (C=O) groups excluding carboxylic acids is 1. The van der Waals surface area contributed by atoms with Gasteiger partial charge in [-0.3, -0.25) is 4.79 Å². The number of carbonyl (C=O) groups is 1. The Morgan fingerprint density at radius 3 is 2.64 bits per heavy atom. The lowest BCUT2D eigenvalue weighted by atomic mass is 10.1. The molecule has 2 heteroatoms. The summed E-state index contributed by atoms with van der Waals surface area (Å²) < 4.78 is 0. The molecule has 0 atom stereocenters. The van der Waals surface area contributed by atoms with Crippen molar-refractivity contribution in [3.8, 4) is 0 Å². The third-order valence-electron chi connectivity index (χ3n) is 1.40. The maximum atomic E-state index is 11.1. The van der Waals surface area contributed by atoms with Crippen molar-refractivity contribution in [3.05, 3.63) is 41.3 Å². The van der Waals surface area contributed by atoms with Gasteiger partial charge in [0.25, 0.3) is 0 Å². The smallest absolute Gasteiger partial charge is 0.167 e. The Bertz CT molecular complexity index is 268. The summed E-state index contributed by atoms with van der Waals surface area (Å²) in [6.07, 6.45) is 1.50. The van der Waals surface area contributed by atoms with Gasteiger partial charge in [0.05, 0.1) is 5.02 Å². The van der Waals surface area contributed by atoms with Crippen molar-refractivity contribution in [1.29, 1.82) is 0 Å². The summed E-state index contributed by atoms with van der Waals surface area (Å²) in [5.74, 6) is -0.0319. The van der Waals surface area contributed by atoms with Crippen molar-refractivity contribution < 1.29 is 4.79 Å². The number of rotatable bonds is 2. The molecule has 11 heavy (non-hydrogen) atoms. The lowest BCUT2D eigenvalue weighted by Crippen LogP contribution is -1.97. The Balaban J connectivity index is 3.03. The maximum absolute atomic E-state index is 11.1. The van der Waals surface area contributed by atoms with Crippen molar-refractivity contribution >= 4 is 17.4 Å². The van der Waals surface area contributed by atoms with E-state index in [2.05, 4.69) is 0 Å². The molecule has 1 aromatic carbocycles. The summed E-state index contributed by atoms with van der Waals surface area (Å²) >= 11 is 5.76. The lowest BCUT2D eigenvalue weighted by Gasteiger charge is -1.98. The van der Waals surface area contributed by atoms with Gasteiger partial charge in [0, 0.05) is 12.0 Å². The van der Waals surface area contributed by atoms with Crippen molar-refractivity contribution in [3.63, 3.8) is 0 Å². The average molecular weight is 168 g/mol. The van der Waals surface area contributed by atoms with Gasteiger partial charge >= 0.3 is 0 Å². The standard InChI is InChI=1S/C9H8ClO/c1-2-9(11)7-5-3-4-6-8(7)10/h2-6H,1H3. The molecule has 0 fully saturated rings. The largest absolute Gasteiger partial charge is 0.294 e. The Hall–Kier alpha value is -0.820. The van der Waals surface area contributed by atoms with E-state index in [1.807, 2.05) is 0 Å². The SMILES string of the molecule is C[CH]C(=O)c1ccccc1Cl. The highest BCUT2D eigenvalue weighted by Gasteiger charge is 2.05. The van der Waals surface area contributed by atoms with Gasteiger partial charge in [0.2, 0.25) is 0 Å². The molecule has 0 heterocycles. The summed E-state index contributed by atoms with van der Waals surface area (Å²) in [5.41, 5.74) is 0.566. The molecule has 0 aliphatic carbocycles. The highest BCUT2D eigenvalue weighted by Crippen LogP contribution is 2.15. The van der Waals surface area contributed by atoms with Crippen molar-refractivity contribution in [2.75, 3.05) is 0 Å². The van der Waals surface area contributed by atoms with Crippen molar-refractivity contribution in [2.45, 2.75) is 6.92 Å². The van der Waals surface area contributed by atoms with Crippen molar-refractivity contribution in [1.82, 2.24) is 0 Å². The van der Waals surface area contributed by atoms with Crippen LogP contribution in [0.1, 0.15) is 17.3 Å². The van der Waals surface area contributed by atoms with Crippen LogP contribution >= 0.6 is 11.6 Å². The summed E-state index contributed by atoms with van der Waals surface area (Å²) in [5, 5.41) is 0.510. The minimum Gasteiger partial charge on any atom is -0.294 e. The molecule has 57 valence electrons. The quantitative estimate of drug-likeness (QED) is 0.619. The van der Waals surface area contributed by atoms with Crippen LogP contribution in [-0.2, 0) is 0 Å². The summed E-state index contributed by atoms with van der Waals surface area (Å²) in [7, 11) is 0. The van der Waals surface area contributed by atoms with Crippen LogP contribution < -0.4 is 0 Å². The normalized spacial score (nSPS) is 9.64. The first kappa shape index (κ1) is 8.28. The predicted octanol–water partition coefficient (Wildman–Crippen LogP) is 2.75. The first-order chi connectivity index (χ1) is 5.25. The fourth-order valence-corrected chi connectivity index (χ4v) is 1.05. The molecule has 0 unspecified atom stereocenters. The molecule has 0 saturated heterocycles. The molecule has 1 nitrogen and oxygen atoms in total. The van der Waals surface area contributed by atoms with E-state index in [0.717, 1.165) is 0 Å². The lowest BCUT2D eigenvalue weighted by molar-refractivity contribution is 0.103. The number of Topliss-reactive ketones (excluding diaryl/α,β-unsaturated/α-hetero) is 1. The molecule has 0 aliphatic heterocycles. The molecule has 0 spiro atoms. The van der Waals surface area contributed by atoms with E-state index in [0.29, 0.717) is 10.6 Å². The van der Waals surface area contributed by atoms with Crippen LogP contribution in [0.25, 0.3) is 0 Å². The van der Waals surface area contributed by atoms with Crippen LogP contribution in [-0.4, -0.2) is 5.78 Å². The second-order valence-electron chi connectivity index (χ2n) is 2.13. The van der Waals surface area contributed by atoms with Gasteiger partial charge in [0.1, 0.15) is 0 Å². The highest BCUT2D eigenvalue weighted by molar-refractivity contribution is 6.34. The second kappa shape index (κ2) is 3.54. The number of hydrogen-bond donors (Lipinski definition) is 0. The molecule has 0 N–H and O–H groups in total. The zero-order valence-electron chi connectivity index (χ0n) is 6.17. The van der Waals surface area contributed by atoms with Gasteiger partial charge in [-0.2, -0.15) is 0 Å². The fraction of sp³-hybridized carbons (Fsp3) is 0.111. The first-order valence-electron chi connectivity index (χ1n) is 3.34. The van der Waals surface area contributed by atoms with Crippen LogP contribution in [0.4, 0.5) is 0 Å². The van der Waals surface area contributed by atoms with E-state index >= 15 is 0 Å². The first-order valence-corrected chi connectivity index (χ1v) is 3.71. The second-order valence-corrected chi connectivity index (χ2v) is 2.54. The van der Waals surface area contributed by atoms with E-state index in [4.69, 9.17) is 11.6 Å². The van der Waals surface area contributed by atoms with E-state index in [-0.39, 0.29) is 5.78 Å². The topological polar surface area (TPSA) is 17.1 Å². The van der Waals surface area contributed by atoms with Crippen LogP contribution in [0, 0.1) is 6.42 Å². The number of hydrogen-bond acceptors (Lipinski definition) is 1. The third-order valence-corrected chi connectivity index (χ3v) is 1.73. The number of benzene rings is 1. The van der Waals surface area contributed by atoms with Gasteiger partial charge in [-0.25, -0.2) is 0 Å². The van der Waals surface area contributed by atoms with Gasteiger partial charge in [0.15, 0.2) is 5.78 Å². The fourth-order valence-electron chi connectivity index (χ4n) is 0.817. The van der Waals surface area contributed by atoms with Crippen LogP contribution in [0.5, 0.6) is 0 Å². The number of halogens is 1. The summed E-state index contributed by atoms with van der Waals surface area (Å²) in [6, 6.07) is 7.01. The Kier molecular flexibility index (Phi) is 2.66. The summed E-state index contributed by atoms with van der Waals surface area (Å²) in [4.78, 5) is 11.1. The molecule has 0 bridgehead atoms. The molecular weight excluding hydrogens is 160 g/mol. The minimum absolute atomic E-state index is 0.0319. The molecule has 1 aromatic rings. The van der Waals surface area contributed by atoms with Crippen LogP contribution in [0.15, 0.2) is 24.3 Å². The molecule has 1 rings (SSSR count). The molecule has 1 radical (unpaired) electrons. The highest BCUT2D eigenvalue weighted by atomic mass is 35.5. The molecule has 0 aromatic heterocycles. The average Bonchev–Trinajstić information content (AvgIpc) is 2.04. The number of ketones is 1. The molecule has 0 saturated carbocycles. The Morgan fingerprint density at radius 2 is 2.09 bits per heavy atom. The predicted molar refractivity (Wildman–Crippen MR) is 45.8 cm³/mol. The maximum Gasteiger partial charge on any atom is 0.167 e. The Labute approximate surface area is 71.0 Å². The molecule has 0 amide bonds. The van der Waals surface area contributed by atoms with Gasteiger partial charge in [-0.1, -0.05) is 30.7 Å². The zero-order chi connectivity index (χ0) is 8.27. The van der Waals surface area contributed by atoms with Gasteiger partial charge < -0.3 is 0 Å². The Morgan fingerprint density at radius 1 is 1.45 bits per heavy atom. The zero-order valence-corrected chi connectivity index (χ0v) is 6.93.